The standard InChI is InChI=1S/C14H20ClN3OS/c1-8(2)18-13(10(19-5)6-17-18)12(16-4)14-11(15)9(3)7-20-14/h6-8,12,16H,1-5H3. The maximum absolute atomic E-state index is 6.43. The van der Waals surface area contributed by atoms with Gasteiger partial charge in [0, 0.05) is 10.9 Å². The molecule has 20 heavy (non-hydrogen) atoms. The molecule has 0 aliphatic heterocycles. The maximum atomic E-state index is 6.43. The molecule has 4 nitrogen and oxygen atoms in total. The SMILES string of the molecule is CNC(c1scc(C)c1Cl)c1c(OC)cnn1C(C)C. The Balaban J connectivity index is 2.57. The van der Waals surface area contributed by atoms with Gasteiger partial charge in [0.2, 0.25) is 0 Å². The number of thiophene rings is 1. The molecule has 0 bridgehead atoms. The van der Waals surface area contributed by atoms with Crippen LogP contribution in [-0.4, -0.2) is 23.9 Å². The van der Waals surface area contributed by atoms with Gasteiger partial charge in [0.15, 0.2) is 5.75 Å². The number of hydrogen-bond acceptors (Lipinski definition) is 4. The van der Waals surface area contributed by atoms with Gasteiger partial charge in [-0.1, -0.05) is 11.6 Å². The number of aryl methyl sites for hydroxylation is 1. The lowest BCUT2D eigenvalue weighted by Crippen LogP contribution is -2.22. The highest BCUT2D eigenvalue weighted by molar-refractivity contribution is 7.10. The monoisotopic (exact) mass is 313 g/mol. The van der Waals surface area contributed by atoms with Crippen LogP contribution in [0.4, 0.5) is 0 Å². The van der Waals surface area contributed by atoms with E-state index in [4.69, 9.17) is 16.3 Å². The molecule has 2 aromatic heterocycles. The van der Waals surface area contributed by atoms with Crippen LogP contribution in [0.1, 0.15) is 42.1 Å². The molecule has 1 N–H and O–H groups in total. The number of aromatic nitrogens is 2. The Labute approximate surface area is 128 Å². The summed E-state index contributed by atoms with van der Waals surface area (Å²) in [5.41, 5.74) is 2.11. The van der Waals surface area contributed by atoms with Crippen LogP contribution in [0.3, 0.4) is 0 Å². The summed E-state index contributed by atoms with van der Waals surface area (Å²) in [7, 11) is 3.59. The molecule has 0 aliphatic rings. The van der Waals surface area contributed by atoms with Crippen molar-refractivity contribution in [2.75, 3.05) is 14.2 Å². The van der Waals surface area contributed by atoms with Crippen LogP contribution in [0.5, 0.6) is 5.75 Å². The lowest BCUT2D eigenvalue weighted by atomic mass is 10.1. The fraction of sp³-hybridized carbons (Fsp3) is 0.500. The summed E-state index contributed by atoms with van der Waals surface area (Å²) in [5, 5.41) is 10.6. The minimum absolute atomic E-state index is 0.0268. The second kappa shape index (κ2) is 6.16. The van der Waals surface area contributed by atoms with Crippen molar-refractivity contribution in [2.45, 2.75) is 32.9 Å². The molecule has 0 spiro atoms. The third-order valence-corrected chi connectivity index (χ3v) is 5.04. The average molecular weight is 314 g/mol. The van der Waals surface area contributed by atoms with E-state index >= 15 is 0 Å². The van der Waals surface area contributed by atoms with Crippen molar-refractivity contribution in [2.24, 2.45) is 0 Å². The van der Waals surface area contributed by atoms with Crippen LogP contribution < -0.4 is 10.1 Å². The molecule has 0 saturated heterocycles. The van der Waals surface area contributed by atoms with Crippen LogP contribution >= 0.6 is 22.9 Å². The van der Waals surface area contributed by atoms with Crippen molar-refractivity contribution in [3.8, 4) is 5.75 Å². The minimum atomic E-state index is -0.0268. The Morgan fingerprint density at radius 2 is 2.15 bits per heavy atom. The molecule has 2 rings (SSSR count). The molecule has 2 heterocycles. The normalized spacial score (nSPS) is 12.9. The fourth-order valence-corrected chi connectivity index (χ4v) is 3.65. The van der Waals surface area contributed by atoms with Crippen molar-refractivity contribution in [1.29, 1.82) is 0 Å². The van der Waals surface area contributed by atoms with E-state index in [1.54, 1.807) is 24.6 Å². The zero-order valence-corrected chi connectivity index (χ0v) is 14.0. The van der Waals surface area contributed by atoms with E-state index in [0.717, 1.165) is 26.9 Å². The van der Waals surface area contributed by atoms with Gasteiger partial charge in [-0.2, -0.15) is 5.10 Å². The molecular formula is C14H20ClN3OS. The Morgan fingerprint density at radius 1 is 1.45 bits per heavy atom. The molecule has 0 saturated carbocycles. The van der Waals surface area contributed by atoms with Crippen molar-refractivity contribution in [3.05, 3.63) is 32.7 Å². The van der Waals surface area contributed by atoms with E-state index in [1.807, 2.05) is 18.7 Å². The van der Waals surface area contributed by atoms with Crippen molar-refractivity contribution >= 4 is 22.9 Å². The van der Waals surface area contributed by atoms with E-state index < -0.39 is 0 Å². The second-order valence-corrected chi connectivity index (χ2v) is 6.24. The summed E-state index contributed by atoms with van der Waals surface area (Å²) in [4.78, 5) is 1.09. The van der Waals surface area contributed by atoms with Gasteiger partial charge in [0.1, 0.15) is 5.69 Å². The van der Waals surface area contributed by atoms with Gasteiger partial charge in [-0.25, -0.2) is 0 Å². The minimum Gasteiger partial charge on any atom is -0.493 e. The number of nitrogens with zero attached hydrogens (tertiary/aromatic N) is 2. The Hall–Kier alpha value is -1.04. The van der Waals surface area contributed by atoms with Crippen molar-refractivity contribution < 1.29 is 4.74 Å². The molecule has 110 valence electrons. The van der Waals surface area contributed by atoms with Gasteiger partial charge in [0.05, 0.1) is 24.4 Å². The van der Waals surface area contributed by atoms with Crippen molar-refractivity contribution in [3.63, 3.8) is 0 Å². The Bertz CT molecular complexity index is 591. The van der Waals surface area contributed by atoms with Gasteiger partial charge in [0.25, 0.3) is 0 Å². The highest BCUT2D eigenvalue weighted by Crippen LogP contribution is 2.39. The number of halogens is 1. The predicted octanol–water partition coefficient (Wildman–Crippen LogP) is 3.80. The van der Waals surface area contributed by atoms with E-state index in [1.165, 1.54) is 0 Å². The van der Waals surface area contributed by atoms with Crippen LogP contribution in [0.2, 0.25) is 5.02 Å². The Morgan fingerprint density at radius 3 is 2.60 bits per heavy atom. The third kappa shape index (κ3) is 2.57. The predicted molar refractivity (Wildman–Crippen MR) is 84.1 cm³/mol. The molecule has 2 aromatic rings. The summed E-state index contributed by atoms with van der Waals surface area (Å²) in [6.45, 7) is 6.22. The highest BCUT2D eigenvalue weighted by atomic mass is 35.5. The van der Waals surface area contributed by atoms with E-state index in [9.17, 15) is 0 Å². The largest absolute Gasteiger partial charge is 0.493 e. The molecule has 0 radical (unpaired) electrons. The third-order valence-electron chi connectivity index (χ3n) is 3.26. The number of nitrogens with one attached hydrogen (secondary N) is 1. The topological polar surface area (TPSA) is 39.1 Å². The van der Waals surface area contributed by atoms with E-state index in [0.29, 0.717) is 0 Å². The summed E-state index contributed by atoms with van der Waals surface area (Å²) < 4.78 is 7.44. The number of rotatable bonds is 5. The number of hydrogen-bond donors (Lipinski definition) is 1. The second-order valence-electron chi connectivity index (χ2n) is 4.96. The van der Waals surface area contributed by atoms with Crippen LogP contribution in [0, 0.1) is 6.92 Å². The van der Waals surface area contributed by atoms with E-state index in [2.05, 4.69) is 29.6 Å². The fourth-order valence-electron chi connectivity index (χ4n) is 2.24. The first-order valence-electron chi connectivity index (χ1n) is 6.53. The molecule has 0 fully saturated rings. The van der Waals surface area contributed by atoms with Gasteiger partial charge < -0.3 is 10.1 Å². The van der Waals surface area contributed by atoms with Crippen molar-refractivity contribution in [1.82, 2.24) is 15.1 Å². The molecule has 0 aliphatic carbocycles. The van der Waals surface area contributed by atoms with Gasteiger partial charge in [-0.05, 0) is 38.8 Å². The molecular weight excluding hydrogens is 294 g/mol. The molecule has 0 aromatic carbocycles. The summed E-state index contributed by atoms with van der Waals surface area (Å²) in [5.74, 6) is 0.778. The lowest BCUT2D eigenvalue weighted by molar-refractivity contribution is 0.397. The van der Waals surface area contributed by atoms with Crippen LogP contribution in [0.25, 0.3) is 0 Å². The molecule has 1 atom stereocenters. The first-order chi connectivity index (χ1) is 9.51. The quantitative estimate of drug-likeness (QED) is 0.912. The zero-order valence-electron chi connectivity index (χ0n) is 12.4. The number of ether oxygens (including phenoxy) is 1. The molecule has 0 amide bonds. The first-order valence-corrected chi connectivity index (χ1v) is 7.79. The molecule has 1 unspecified atom stereocenters. The lowest BCUT2D eigenvalue weighted by Gasteiger charge is -2.20. The average Bonchev–Trinajstić information content (AvgIpc) is 2.98. The smallest absolute Gasteiger partial charge is 0.161 e. The zero-order chi connectivity index (χ0) is 14.9. The van der Waals surface area contributed by atoms with Gasteiger partial charge in [-0.15, -0.1) is 11.3 Å². The summed E-state index contributed by atoms with van der Waals surface area (Å²) in [6, 6.07) is 0.227. The molecule has 6 heteroatoms. The highest BCUT2D eigenvalue weighted by Gasteiger charge is 2.26. The first kappa shape index (κ1) is 15.4. The van der Waals surface area contributed by atoms with E-state index in [-0.39, 0.29) is 12.1 Å². The van der Waals surface area contributed by atoms with Gasteiger partial charge >= 0.3 is 0 Å². The van der Waals surface area contributed by atoms with Gasteiger partial charge in [-0.3, -0.25) is 4.68 Å². The Kier molecular flexibility index (Phi) is 4.73. The van der Waals surface area contributed by atoms with Crippen LogP contribution in [-0.2, 0) is 0 Å². The van der Waals surface area contributed by atoms with Crippen LogP contribution in [0.15, 0.2) is 11.6 Å². The summed E-state index contributed by atoms with van der Waals surface area (Å²) >= 11 is 8.08. The maximum Gasteiger partial charge on any atom is 0.161 e. The summed E-state index contributed by atoms with van der Waals surface area (Å²) in [6.07, 6.45) is 1.76. The number of methoxy groups -OCH3 is 1.